The number of nitrogen functional groups attached to an aromatic ring is 1. The molecule has 2 N–H and O–H groups in total. The normalized spacial score (nSPS) is 10.9. The standard InChI is InChI=1S/C26H20N4O/c1-17-24(11-6-14-28-17)31-25-13-12-19(16-29-25)23-15-22-20(18-7-3-2-4-8-18)9-5-10-21(22)26(27)30-23/h2-16H,1H3,(H2,27,30). The van der Waals surface area contributed by atoms with E-state index in [9.17, 15) is 0 Å². The van der Waals surface area contributed by atoms with Crippen LogP contribution in [0.15, 0.2) is 91.3 Å². The van der Waals surface area contributed by atoms with Crippen molar-refractivity contribution in [1.82, 2.24) is 15.0 Å². The maximum atomic E-state index is 6.33. The first-order chi connectivity index (χ1) is 15.2. The maximum absolute atomic E-state index is 6.33. The van der Waals surface area contributed by atoms with Crippen LogP contribution in [-0.2, 0) is 0 Å². The molecule has 0 fully saturated rings. The first-order valence-electron chi connectivity index (χ1n) is 9.99. The number of nitrogens with two attached hydrogens (primary N) is 1. The van der Waals surface area contributed by atoms with Gasteiger partial charge in [-0.1, -0.05) is 48.5 Å². The van der Waals surface area contributed by atoms with Gasteiger partial charge in [-0.05, 0) is 47.7 Å². The first-order valence-corrected chi connectivity index (χ1v) is 9.99. The number of anilines is 1. The lowest BCUT2D eigenvalue weighted by Crippen LogP contribution is -1.96. The molecule has 3 heterocycles. The fourth-order valence-corrected chi connectivity index (χ4v) is 3.60. The van der Waals surface area contributed by atoms with Crippen molar-refractivity contribution < 1.29 is 4.74 Å². The molecular weight excluding hydrogens is 384 g/mol. The highest BCUT2D eigenvalue weighted by atomic mass is 16.5. The van der Waals surface area contributed by atoms with Gasteiger partial charge in [0.05, 0.1) is 11.4 Å². The molecule has 0 amide bonds. The molecule has 0 aliphatic heterocycles. The third-order valence-corrected chi connectivity index (χ3v) is 5.19. The van der Waals surface area contributed by atoms with Gasteiger partial charge in [-0.3, -0.25) is 4.98 Å². The number of benzene rings is 2. The van der Waals surface area contributed by atoms with E-state index in [-0.39, 0.29) is 0 Å². The lowest BCUT2D eigenvalue weighted by atomic mass is 9.97. The average Bonchev–Trinajstić information content (AvgIpc) is 2.81. The zero-order valence-electron chi connectivity index (χ0n) is 17.0. The van der Waals surface area contributed by atoms with E-state index < -0.39 is 0 Å². The van der Waals surface area contributed by atoms with Crippen molar-refractivity contribution in [3.05, 3.63) is 97.0 Å². The average molecular weight is 404 g/mol. The minimum Gasteiger partial charge on any atom is -0.437 e. The van der Waals surface area contributed by atoms with Crippen molar-refractivity contribution >= 4 is 16.6 Å². The van der Waals surface area contributed by atoms with Crippen LogP contribution in [0.25, 0.3) is 33.2 Å². The largest absolute Gasteiger partial charge is 0.437 e. The number of nitrogens with zero attached hydrogens (tertiary/aromatic N) is 3. The summed E-state index contributed by atoms with van der Waals surface area (Å²) in [5.74, 6) is 1.68. The van der Waals surface area contributed by atoms with E-state index in [2.05, 4.69) is 39.2 Å². The second-order valence-corrected chi connectivity index (χ2v) is 7.23. The third-order valence-electron chi connectivity index (χ3n) is 5.19. The molecule has 5 heteroatoms. The molecule has 3 aromatic heterocycles. The predicted octanol–water partition coefficient (Wildman–Crippen LogP) is 6.04. The number of hydrogen-bond acceptors (Lipinski definition) is 5. The molecule has 31 heavy (non-hydrogen) atoms. The fourth-order valence-electron chi connectivity index (χ4n) is 3.60. The number of hydrogen-bond donors (Lipinski definition) is 1. The predicted molar refractivity (Wildman–Crippen MR) is 124 cm³/mol. The van der Waals surface area contributed by atoms with Crippen LogP contribution < -0.4 is 10.5 Å². The molecule has 0 radical (unpaired) electrons. The van der Waals surface area contributed by atoms with Crippen LogP contribution >= 0.6 is 0 Å². The van der Waals surface area contributed by atoms with Crippen LogP contribution in [0, 0.1) is 6.92 Å². The minimum absolute atomic E-state index is 0.497. The second kappa shape index (κ2) is 7.88. The summed E-state index contributed by atoms with van der Waals surface area (Å²) in [4.78, 5) is 13.3. The van der Waals surface area contributed by atoms with Crippen molar-refractivity contribution in [2.45, 2.75) is 6.92 Å². The Kier molecular flexibility index (Phi) is 4.77. The van der Waals surface area contributed by atoms with Crippen LogP contribution in [-0.4, -0.2) is 15.0 Å². The highest BCUT2D eigenvalue weighted by Gasteiger charge is 2.11. The van der Waals surface area contributed by atoms with Gasteiger partial charge in [0.1, 0.15) is 5.82 Å². The van der Waals surface area contributed by atoms with E-state index in [1.807, 2.05) is 61.5 Å². The monoisotopic (exact) mass is 404 g/mol. The third kappa shape index (κ3) is 3.69. The van der Waals surface area contributed by atoms with Crippen molar-refractivity contribution in [2.75, 3.05) is 5.73 Å². The van der Waals surface area contributed by atoms with Gasteiger partial charge < -0.3 is 10.5 Å². The molecule has 150 valence electrons. The summed E-state index contributed by atoms with van der Waals surface area (Å²) in [6, 6.07) is 25.9. The van der Waals surface area contributed by atoms with Crippen LogP contribution in [0.3, 0.4) is 0 Å². The number of ether oxygens (including phenoxy) is 1. The van der Waals surface area contributed by atoms with E-state index in [0.29, 0.717) is 17.4 Å². The minimum atomic E-state index is 0.497. The molecule has 0 unspecified atom stereocenters. The molecule has 0 aliphatic carbocycles. The Morgan fingerprint density at radius 1 is 0.774 bits per heavy atom. The van der Waals surface area contributed by atoms with Crippen LogP contribution in [0.1, 0.15) is 5.69 Å². The van der Waals surface area contributed by atoms with Gasteiger partial charge in [0.25, 0.3) is 0 Å². The Balaban J connectivity index is 1.54. The van der Waals surface area contributed by atoms with Crippen LogP contribution in [0.2, 0.25) is 0 Å². The van der Waals surface area contributed by atoms with E-state index in [1.54, 1.807) is 12.4 Å². The summed E-state index contributed by atoms with van der Waals surface area (Å²) in [5, 5.41) is 1.99. The Hall–Kier alpha value is -4.25. The van der Waals surface area contributed by atoms with Gasteiger partial charge in [0.15, 0.2) is 5.75 Å². The topological polar surface area (TPSA) is 73.9 Å². The fraction of sp³-hybridized carbons (Fsp3) is 0.0385. The van der Waals surface area contributed by atoms with Gasteiger partial charge in [-0.25, -0.2) is 9.97 Å². The smallest absolute Gasteiger partial charge is 0.219 e. The lowest BCUT2D eigenvalue weighted by Gasteiger charge is -2.11. The molecule has 0 saturated heterocycles. The van der Waals surface area contributed by atoms with Gasteiger partial charge in [-0.2, -0.15) is 0 Å². The highest BCUT2D eigenvalue weighted by molar-refractivity contribution is 6.03. The van der Waals surface area contributed by atoms with E-state index in [1.165, 1.54) is 0 Å². The van der Waals surface area contributed by atoms with E-state index in [4.69, 9.17) is 10.5 Å². The van der Waals surface area contributed by atoms with Crippen molar-refractivity contribution in [2.24, 2.45) is 0 Å². The summed E-state index contributed by atoms with van der Waals surface area (Å²) in [6.07, 6.45) is 3.48. The Bertz CT molecular complexity index is 1370. The van der Waals surface area contributed by atoms with Crippen molar-refractivity contribution in [3.63, 3.8) is 0 Å². The lowest BCUT2D eigenvalue weighted by molar-refractivity contribution is 0.457. The zero-order chi connectivity index (χ0) is 21.2. The number of rotatable bonds is 4. The van der Waals surface area contributed by atoms with Crippen LogP contribution in [0.4, 0.5) is 5.82 Å². The molecule has 5 nitrogen and oxygen atoms in total. The quantitative estimate of drug-likeness (QED) is 0.395. The summed E-state index contributed by atoms with van der Waals surface area (Å²) in [7, 11) is 0. The van der Waals surface area contributed by atoms with Crippen molar-refractivity contribution in [1.29, 1.82) is 0 Å². The number of fused-ring (bicyclic) bond motifs is 1. The molecular formula is C26H20N4O. The summed E-state index contributed by atoms with van der Waals surface area (Å²) in [6.45, 7) is 1.90. The zero-order valence-corrected chi connectivity index (χ0v) is 17.0. The van der Waals surface area contributed by atoms with Gasteiger partial charge in [0.2, 0.25) is 5.88 Å². The molecule has 5 rings (SSSR count). The molecule has 0 atom stereocenters. The number of aromatic nitrogens is 3. The SMILES string of the molecule is Cc1ncccc1Oc1ccc(-c2cc3c(-c4ccccc4)cccc3c(N)n2)cn1. The molecule has 0 bridgehead atoms. The Morgan fingerprint density at radius 3 is 2.42 bits per heavy atom. The van der Waals surface area contributed by atoms with E-state index in [0.717, 1.165) is 38.9 Å². The van der Waals surface area contributed by atoms with Gasteiger partial charge in [-0.15, -0.1) is 0 Å². The van der Waals surface area contributed by atoms with Crippen molar-refractivity contribution in [3.8, 4) is 34.0 Å². The Morgan fingerprint density at radius 2 is 1.65 bits per heavy atom. The number of pyridine rings is 3. The van der Waals surface area contributed by atoms with E-state index >= 15 is 0 Å². The highest BCUT2D eigenvalue weighted by Crippen LogP contribution is 2.34. The second-order valence-electron chi connectivity index (χ2n) is 7.23. The summed E-state index contributed by atoms with van der Waals surface area (Å²) in [5.41, 5.74) is 11.0. The maximum Gasteiger partial charge on any atom is 0.219 e. The van der Waals surface area contributed by atoms with Gasteiger partial charge in [0, 0.05) is 29.4 Å². The molecule has 0 saturated carbocycles. The Labute approximate surface area is 180 Å². The first kappa shape index (κ1) is 18.8. The summed E-state index contributed by atoms with van der Waals surface area (Å²) >= 11 is 0. The molecule has 5 aromatic rings. The van der Waals surface area contributed by atoms with Crippen LogP contribution in [0.5, 0.6) is 11.6 Å². The summed E-state index contributed by atoms with van der Waals surface area (Å²) < 4.78 is 5.85. The number of aryl methyl sites for hydroxylation is 1. The molecule has 2 aromatic carbocycles. The molecule has 0 spiro atoms. The molecule has 0 aliphatic rings. The van der Waals surface area contributed by atoms with Gasteiger partial charge >= 0.3 is 0 Å².